The van der Waals surface area contributed by atoms with Crippen LogP contribution in [0, 0.1) is 0 Å². The van der Waals surface area contributed by atoms with E-state index in [1.54, 1.807) is 18.2 Å². The molecule has 3 aromatic rings. The normalized spacial score (nSPS) is 13.1. The third-order valence-electron chi connectivity index (χ3n) is 4.17. The van der Waals surface area contributed by atoms with Crippen molar-refractivity contribution in [2.45, 2.75) is 17.7 Å². The number of para-hydroxylation sites is 1. The van der Waals surface area contributed by atoms with Crippen molar-refractivity contribution in [2.24, 2.45) is 5.73 Å². The number of carbonyl (C=O) groups excluding carboxylic acids is 1. The highest BCUT2D eigenvalue weighted by Crippen LogP contribution is 2.50. The first-order chi connectivity index (χ1) is 12.4. The molecule has 134 valence electrons. The predicted molar refractivity (Wildman–Crippen MR) is 101 cm³/mol. The fourth-order valence-corrected chi connectivity index (χ4v) is 5.83. The maximum absolute atomic E-state index is 12.0. The third-order valence-corrected chi connectivity index (χ3v) is 7.29. The lowest BCUT2D eigenvalue weighted by Crippen LogP contribution is -2.12. The molecular formula is C17H14N2O4S3. The number of nitrogens with two attached hydrogens (primary N) is 1. The number of carbonyl (C=O) groups is 1. The van der Waals surface area contributed by atoms with Gasteiger partial charge in [-0.25, -0.2) is 12.8 Å². The van der Waals surface area contributed by atoms with E-state index in [0.717, 1.165) is 45.6 Å². The van der Waals surface area contributed by atoms with Crippen LogP contribution in [-0.4, -0.2) is 25.0 Å². The number of aromatic nitrogens is 1. The number of benzene rings is 1. The van der Waals surface area contributed by atoms with E-state index >= 15 is 0 Å². The lowest BCUT2D eigenvalue weighted by atomic mass is 9.93. The van der Waals surface area contributed by atoms with Crippen LogP contribution in [0.2, 0.25) is 0 Å². The fourth-order valence-electron chi connectivity index (χ4n) is 3.03. The number of thiophene rings is 1. The number of hydrogen-bond donors (Lipinski definition) is 1. The molecule has 0 atom stereocenters. The number of hydrogen-bond acceptors (Lipinski definition) is 7. The molecule has 2 N–H and O–H groups in total. The Morgan fingerprint density at radius 3 is 2.77 bits per heavy atom. The molecule has 1 aliphatic carbocycles. The third kappa shape index (κ3) is 2.81. The second kappa shape index (κ2) is 6.19. The van der Waals surface area contributed by atoms with Gasteiger partial charge in [-0.3, -0.25) is 4.79 Å². The van der Waals surface area contributed by atoms with Gasteiger partial charge in [-0.15, -0.1) is 0 Å². The molecule has 0 fully saturated rings. The summed E-state index contributed by atoms with van der Waals surface area (Å²) in [7, 11) is -3.46. The number of aryl methyl sites for hydroxylation is 1. The quantitative estimate of drug-likeness (QED) is 0.717. The van der Waals surface area contributed by atoms with Crippen molar-refractivity contribution < 1.29 is 17.9 Å². The summed E-state index contributed by atoms with van der Waals surface area (Å²) in [6.45, 7) is 0. The SMILES string of the molecule is CS(=O)(=O)c1ccccc1Oc1sc(C(N)=O)c2c1-c1sncc1CC2. The maximum atomic E-state index is 12.0. The summed E-state index contributed by atoms with van der Waals surface area (Å²) in [5.41, 5.74) is 8.30. The van der Waals surface area contributed by atoms with Crippen molar-refractivity contribution in [2.75, 3.05) is 6.26 Å². The van der Waals surface area contributed by atoms with Gasteiger partial charge in [-0.2, -0.15) is 0 Å². The molecule has 0 radical (unpaired) electrons. The summed E-state index contributed by atoms with van der Waals surface area (Å²) in [6.07, 6.45) is 4.41. The van der Waals surface area contributed by atoms with Gasteiger partial charge in [0.15, 0.2) is 14.9 Å². The van der Waals surface area contributed by atoms with Gasteiger partial charge in [-0.1, -0.05) is 23.5 Å². The zero-order chi connectivity index (χ0) is 18.5. The first-order valence-electron chi connectivity index (χ1n) is 7.72. The largest absolute Gasteiger partial charge is 0.445 e. The number of primary amides is 1. The fraction of sp³-hybridized carbons (Fsp3) is 0.176. The zero-order valence-corrected chi connectivity index (χ0v) is 16.1. The number of sulfone groups is 1. The van der Waals surface area contributed by atoms with Crippen LogP contribution >= 0.6 is 22.9 Å². The Labute approximate surface area is 158 Å². The summed E-state index contributed by atoms with van der Waals surface area (Å²) < 4.78 is 34.3. The Bertz CT molecular complexity index is 1130. The minimum absolute atomic E-state index is 0.100. The molecule has 26 heavy (non-hydrogen) atoms. The molecule has 9 heteroatoms. The van der Waals surface area contributed by atoms with Crippen molar-refractivity contribution in [3.05, 3.63) is 46.5 Å². The summed E-state index contributed by atoms with van der Waals surface area (Å²) in [5.74, 6) is -0.280. The predicted octanol–water partition coefficient (Wildman–Crippen LogP) is 3.26. The number of rotatable bonds is 4. The molecular weight excluding hydrogens is 392 g/mol. The van der Waals surface area contributed by atoms with Crippen molar-refractivity contribution in [1.29, 1.82) is 0 Å². The minimum Gasteiger partial charge on any atom is -0.445 e. The molecule has 4 rings (SSSR count). The van der Waals surface area contributed by atoms with Crippen LogP contribution in [0.25, 0.3) is 10.4 Å². The zero-order valence-electron chi connectivity index (χ0n) is 13.7. The number of nitrogens with zero attached hydrogens (tertiary/aromatic N) is 1. The van der Waals surface area contributed by atoms with E-state index in [2.05, 4.69) is 4.37 Å². The molecule has 2 aromatic heterocycles. The Morgan fingerprint density at radius 1 is 1.27 bits per heavy atom. The number of fused-ring (bicyclic) bond motifs is 3. The highest BCUT2D eigenvalue weighted by Gasteiger charge is 2.30. The highest BCUT2D eigenvalue weighted by molar-refractivity contribution is 7.90. The van der Waals surface area contributed by atoms with Gasteiger partial charge in [0, 0.05) is 12.5 Å². The lowest BCUT2D eigenvalue weighted by Gasteiger charge is -2.14. The molecule has 0 unspecified atom stereocenters. The molecule has 6 nitrogen and oxygen atoms in total. The van der Waals surface area contributed by atoms with E-state index in [-0.39, 0.29) is 10.6 Å². The van der Waals surface area contributed by atoms with Gasteiger partial charge in [-0.05, 0) is 47.6 Å². The average Bonchev–Trinajstić information content (AvgIpc) is 3.18. The number of ether oxygens (including phenoxy) is 1. The van der Waals surface area contributed by atoms with Crippen molar-refractivity contribution in [3.63, 3.8) is 0 Å². The van der Waals surface area contributed by atoms with Gasteiger partial charge >= 0.3 is 0 Å². The molecule has 1 amide bonds. The van der Waals surface area contributed by atoms with Gasteiger partial charge in [0.05, 0.1) is 15.3 Å². The molecule has 0 spiro atoms. The van der Waals surface area contributed by atoms with E-state index in [0.29, 0.717) is 16.4 Å². The molecule has 1 aromatic carbocycles. The standard InChI is InChI=1S/C17H14N2O4S3/c1-26(21,22)12-5-3-2-4-11(12)23-17-13-10(15(24-17)16(18)20)7-6-9-8-19-25-14(9)13/h2-5,8H,6-7H2,1H3,(H2,18,20). The Balaban J connectivity index is 1.89. The Morgan fingerprint density at radius 2 is 2.04 bits per heavy atom. The van der Waals surface area contributed by atoms with Crippen LogP contribution < -0.4 is 10.5 Å². The van der Waals surface area contributed by atoms with E-state index in [4.69, 9.17) is 10.5 Å². The van der Waals surface area contributed by atoms with Crippen molar-refractivity contribution in [1.82, 2.24) is 4.37 Å². The van der Waals surface area contributed by atoms with Crippen LogP contribution in [0.5, 0.6) is 10.8 Å². The van der Waals surface area contributed by atoms with Crippen LogP contribution in [-0.2, 0) is 22.7 Å². The van der Waals surface area contributed by atoms with Crippen LogP contribution in [0.4, 0.5) is 0 Å². The highest BCUT2D eigenvalue weighted by atomic mass is 32.2. The van der Waals surface area contributed by atoms with Crippen LogP contribution in [0.3, 0.4) is 0 Å². The van der Waals surface area contributed by atoms with Crippen molar-refractivity contribution in [3.8, 4) is 21.3 Å². The first-order valence-corrected chi connectivity index (χ1v) is 11.2. The van der Waals surface area contributed by atoms with Crippen molar-refractivity contribution >= 4 is 38.6 Å². The summed E-state index contributed by atoms with van der Waals surface area (Å²) in [6, 6.07) is 6.45. The average molecular weight is 407 g/mol. The monoisotopic (exact) mass is 406 g/mol. The molecule has 0 saturated heterocycles. The van der Waals surface area contributed by atoms with E-state index in [9.17, 15) is 13.2 Å². The molecule has 0 bridgehead atoms. The second-order valence-electron chi connectivity index (χ2n) is 5.94. The van der Waals surface area contributed by atoms with Gasteiger partial charge in [0.2, 0.25) is 0 Å². The molecule has 2 heterocycles. The van der Waals surface area contributed by atoms with Gasteiger partial charge in [0.1, 0.15) is 10.6 Å². The van der Waals surface area contributed by atoms with Crippen LogP contribution in [0.1, 0.15) is 20.8 Å². The van der Waals surface area contributed by atoms with Gasteiger partial charge in [0.25, 0.3) is 5.91 Å². The minimum atomic E-state index is -3.46. The topological polar surface area (TPSA) is 99.4 Å². The first kappa shape index (κ1) is 17.2. The second-order valence-corrected chi connectivity index (χ2v) is 9.71. The smallest absolute Gasteiger partial charge is 0.259 e. The lowest BCUT2D eigenvalue weighted by molar-refractivity contribution is 0.100. The van der Waals surface area contributed by atoms with E-state index in [1.165, 1.54) is 17.6 Å². The molecule has 0 aliphatic heterocycles. The Hall–Kier alpha value is -2.23. The summed E-state index contributed by atoms with van der Waals surface area (Å²) in [4.78, 5) is 13.4. The summed E-state index contributed by atoms with van der Waals surface area (Å²) in [5, 5.41) is 0.468. The molecule has 0 saturated carbocycles. The van der Waals surface area contributed by atoms with E-state index < -0.39 is 15.7 Å². The number of amides is 1. The van der Waals surface area contributed by atoms with E-state index in [1.807, 2.05) is 6.20 Å². The Kier molecular flexibility index (Phi) is 4.09. The molecule has 1 aliphatic rings. The van der Waals surface area contributed by atoms with Crippen LogP contribution in [0.15, 0.2) is 35.4 Å². The maximum Gasteiger partial charge on any atom is 0.259 e. The van der Waals surface area contributed by atoms with Gasteiger partial charge < -0.3 is 10.5 Å². The summed E-state index contributed by atoms with van der Waals surface area (Å²) >= 11 is 2.49.